The van der Waals surface area contributed by atoms with Crippen LogP contribution in [0.4, 0.5) is 29.7 Å². The van der Waals surface area contributed by atoms with Gasteiger partial charge in [-0.05, 0) is 71.9 Å². The number of nitrogens with zero attached hydrogens (tertiary/aromatic N) is 4. The first-order chi connectivity index (χ1) is 20.1. The van der Waals surface area contributed by atoms with Crippen molar-refractivity contribution in [3.63, 3.8) is 0 Å². The average Bonchev–Trinajstić information content (AvgIpc) is 2.92. The van der Waals surface area contributed by atoms with Crippen molar-refractivity contribution >= 4 is 29.8 Å². The predicted molar refractivity (Wildman–Crippen MR) is 160 cm³/mol. The standard InChI is InChI=1S/C16H21FN2O3.C15H21FN2O3/c1-16(2,3)22-15(21)19-8-6-18(7-9-19)14-5-4-12(11-20)10-13(14)17;1-15(2,3)21-14(20)18-8-6-17(7-9-18)13-5-4-11(19)10-12(13)16/h4-5,10-11H,6-9H2,1-3H3;4-5,10,19H,6-9H2,1-3H3. The molecule has 43 heavy (non-hydrogen) atoms. The number of halogens is 2. The largest absolute Gasteiger partial charge is 0.508 e. The van der Waals surface area contributed by atoms with Gasteiger partial charge in [0.1, 0.15) is 34.9 Å². The highest BCUT2D eigenvalue weighted by atomic mass is 19.1. The summed E-state index contributed by atoms with van der Waals surface area (Å²) in [6, 6.07) is 8.51. The summed E-state index contributed by atoms with van der Waals surface area (Å²) in [4.78, 5) is 41.5. The monoisotopic (exact) mass is 604 g/mol. The van der Waals surface area contributed by atoms with E-state index in [-0.39, 0.29) is 17.9 Å². The van der Waals surface area contributed by atoms with E-state index in [1.54, 1.807) is 28.0 Å². The van der Waals surface area contributed by atoms with Crippen LogP contribution in [0.15, 0.2) is 36.4 Å². The predicted octanol–water partition coefficient (Wildman–Crippen LogP) is 5.28. The summed E-state index contributed by atoms with van der Waals surface area (Å²) in [5.41, 5.74) is 0.169. The molecule has 2 saturated heterocycles. The lowest BCUT2D eigenvalue weighted by molar-refractivity contribution is 0.0230. The molecule has 2 aromatic carbocycles. The summed E-state index contributed by atoms with van der Waals surface area (Å²) in [6.07, 6.45) is -0.0647. The molecule has 2 aliphatic heterocycles. The van der Waals surface area contributed by atoms with Crippen LogP contribution in [0.5, 0.6) is 5.75 Å². The number of phenols is 1. The van der Waals surface area contributed by atoms with E-state index in [4.69, 9.17) is 9.47 Å². The minimum Gasteiger partial charge on any atom is -0.508 e. The normalized spacial score (nSPS) is 15.8. The summed E-state index contributed by atoms with van der Waals surface area (Å²) in [5, 5.41) is 9.23. The Hall–Kier alpha value is -4.09. The second-order valence-corrected chi connectivity index (χ2v) is 12.4. The van der Waals surface area contributed by atoms with E-state index < -0.39 is 22.8 Å². The Kier molecular flexibility index (Phi) is 10.8. The van der Waals surface area contributed by atoms with Crippen molar-refractivity contribution in [1.29, 1.82) is 0 Å². The maximum Gasteiger partial charge on any atom is 0.410 e. The van der Waals surface area contributed by atoms with E-state index in [2.05, 4.69) is 0 Å². The number of carbonyl (C=O) groups is 3. The molecule has 0 spiro atoms. The van der Waals surface area contributed by atoms with Gasteiger partial charge in [-0.2, -0.15) is 0 Å². The molecule has 2 fully saturated rings. The third kappa shape index (κ3) is 10.0. The summed E-state index contributed by atoms with van der Waals surface area (Å²) < 4.78 is 38.4. The van der Waals surface area contributed by atoms with Crippen molar-refractivity contribution in [2.45, 2.75) is 52.7 Å². The van der Waals surface area contributed by atoms with E-state index in [9.17, 15) is 28.3 Å². The molecule has 10 nitrogen and oxygen atoms in total. The SMILES string of the molecule is CC(C)(C)OC(=O)N1CCN(c2ccc(C=O)cc2F)CC1.CC(C)(C)OC(=O)N1CCN(c2ccc(O)cc2F)CC1. The fourth-order valence-electron chi connectivity index (χ4n) is 4.52. The smallest absolute Gasteiger partial charge is 0.410 e. The van der Waals surface area contributed by atoms with Gasteiger partial charge in [0.25, 0.3) is 0 Å². The molecule has 1 N–H and O–H groups in total. The minimum absolute atomic E-state index is 0.0939. The quantitative estimate of drug-likeness (QED) is 0.472. The zero-order chi connectivity index (χ0) is 31.9. The van der Waals surface area contributed by atoms with Crippen LogP contribution in [0.1, 0.15) is 51.9 Å². The van der Waals surface area contributed by atoms with Gasteiger partial charge in [-0.1, -0.05) is 0 Å². The molecule has 0 atom stereocenters. The number of amides is 2. The molecule has 0 aromatic heterocycles. The fourth-order valence-corrected chi connectivity index (χ4v) is 4.52. The molecular weight excluding hydrogens is 562 g/mol. The molecule has 12 heteroatoms. The number of aromatic hydroxyl groups is 1. The lowest BCUT2D eigenvalue weighted by Crippen LogP contribution is -2.50. The third-order valence-corrected chi connectivity index (χ3v) is 6.58. The summed E-state index contributed by atoms with van der Waals surface area (Å²) in [5.74, 6) is -0.973. The number of anilines is 2. The van der Waals surface area contributed by atoms with Gasteiger partial charge in [-0.3, -0.25) is 4.79 Å². The summed E-state index contributed by atoms with van der Waals surface area (Å²) in [7, 11) is 0. The molecule has 0 unspecified atom stereocenters. The van der Waals surface area contributed by atoms with Gasteiger partial charge >= 0.3 is 12.2 Å². The number of benzene rings is 2. The number of piperazine rings is 2. The lowest BCUT2D eigenvalue weighted by Gasteiger charge is -2.36. The van der Waals surface area contributed by atoms with Crippen LogP contribution in [0.3, 0.4) is 0 Å². The van der Waals surface area contributed by atoms with E-state index in [1.165, 1.54) is 12.1 Å². The van der Waals surface area contributed by atoms with Gasteiger partial charge in [-0.25, -0.2) is 18.4 Å². The first-order valence-electron chi connectivity index (χ1n) is 14.3. The Morgan fingerprint density at radius 1 is 0.698 bits per heavy atom. The van der Waals surface area contributed by atoms with Gasteiger partial charge < -0.3 is 34.2 Å². The van der Waals surface area contributed by atoms with Crippen molar-refractivity contribution in [1.82, 2.24) is 9.80 Å². The molecule has 2 aliphatic rings. The Morgan fingerprint density at radius 3 is 1.44 bits per heavy atom. The van der Waals surface area contributed by atoms with E-state index >= 15 is 0 Å². The highest BCUT2D eigenvalue weighted by Crippen LogP contribution is 2.25. The van der Waals surface area contributed by atoms with Crippen molar-refractivity contribution in [2.24, 2.45) is 0 Å². The van der Waals surface area contributed by atoms with Gasteiger partial charge in [-0.15, -0.1) is 0 Å². The molecule has 2 amide bonds. The number of phenolic OH excluding ortho intramolecular Hbond substituents is 1. The number of ether oxygens (including phenoxy) is 2. The Labute approximate surface area is 251 Å². The van der Waals surface area contributed by atoms with Crippen LogP contribution in [0.25, 0.3) is 0 Å². The summed E-state index contributed by atoms with van der Waals surface area (Å²) in [6.45, 7) is 15.0. The van der Waals surface area contributed by atoms with Crippen LogP contribution in [-0.4, -0.2) is 96.9 Å². The van der Waals surface area contributed by atoms with Gasteiger partial charge in [0.15, 0.2) is 0 Å². The number of carbonyl (C=O) groups excluding carboxylic acids is 3. The Balaban J connectivity index is 0.000000236. The Morgan fingerprint density at radius 2 is 1.09 bits per heavy atom. The second kappa shape index (κ2) is 13.9. The summed E-state index contributed by atoms with van der Waals surface area (Å²) >= 11 is 0. The maximum atomic E-state index is 14.0. The molecular formula is C31H42F2N4O6. The number of aldehydes is 1. The zero-order valence-electron chi connectivity index (χ0n) is 25.7. The average molecular weight is 605 g/mol. The van der Waals surface area contributed by atoms with Crippen molar-refractivity contribution in [3.8, 4) is 5.75 Å². The fraction of sp³-hybridized carbons (Fsp3) is 0.516. The van der Waals surface area contributed by atoms with Crippen LogP contribution >= 0.6 is 0 Å². The molecule has 236 valence electrons. The first kappa shape index (κ1) is 33.4. The molecule has 0 aliphatic carbocycles. The van der Waals surface area contributed by atoms with Crippen molar-refractivity contribution in [2.75, 3.05) is 62.2 Å². The number of rotatable bonds is 3. The van der Waals surface area contributed by atoms with Crippen LogP contribution < -0.4 is 9.80 Å². The van der Waals surface area contributed by atoms with Gasteiger partial charge in [0, 0.05) is 64.0 Å². The number of hydrogen-bond donors (Lipinski definition) is 1. The first-order valence-corrected chi connectivity index (χ1v) is 14.3. The lowest BCUT2D eigenvalue weighted by atomic mass is 10.2. The Bertz CT molecular complexity index is 1280. The van der Waals surface area contributed by atoms with E-state index in [0.717, 1.165) is 6.07 Å². The zero-order valence-corrected chi connectivity index (χ0v) is 25.7. The van der Waals surface area contributed by atoms with Gasteiger partial charge in [0.2, 0.25) is 0 Å². The topological polar surface area (TPSA) is 103 Å². The van der Waals surface area contributed by atoms with E-state index in [1.807, 2.05) is 51.3 Å². The third-order valence-electron chi connectivity index (χ3n) is 6.58. The van der Waals surface area contributed by atoms with Gasteiger partial charge in [0.05, 0.1) is 11.4 Å². The molecule has 2 aromatic rings. The van der Waals surface area contributed by atoms with Crippen LogP contribution in [0, 0.1) is 11.6 Å². The highest BCUT2D eigenvalue weighted by Gasteiger charge is 2.28. The maximum absolute atomic E-state index is 14.0. The van der Waals surface area contributed by atoms with Crippen LogP contribution in [-0.2, 0) is 9.47 Å². The highest BCUT2D eigenvalue weighted by molar-refractivity contribution is 5.76. The number of hydrogen-bond acceptors (Lipinski definition) is 8. The minimum atomic E-state index is -0.523. The molecule has 4 rings (SSSR count). The molecule has 0 radical (unpaired) electrons. The molecule has 0 bridgehead atoms. The van der Waals surface area contributed by atoms with Crippen LogP contribution in [0.2, 0.25) is 0 Å². The van der Waals surface area contributed by atoms with Crippen molar-refractivity contribution < 1.29 is 37.7 Å². The molecule has 0 saturated carbocycles. The second-order valence-electron chi connectivity index (χ2n) is 12.4. The van der Waals surface area contributed by atoms with E-state index in [0.29, 0.717) is 75.6 Å². The van der Waals surface area contributed by atoms with Crippen molar-refractivity contribution in [3.05, 3.63) is 53.6 Å². The molecule has 2 heterocycles.